The van der Waals surface area contributed by atoms with E-state index in [1.54, 1.807) is 0 Å². The summed E-state index contributed by atoms with van der Waals surface area (Å²) in [6.45, 7) is 8.96. The van der Waals surface area contributed by atoms with Crippen molar-refractivity contribution >= 4 is 0 Å². The molecule has 1 spiro atoms. The van der Waals surface area contributed by atoms with Gasteiger partial charge in [-0.1, -0.05) is 27.7 Å². The minimum atomic E-state index is -1.75. The summed E-state index contributed by atoms with van der Waals surface area (Å²) in [7, 11) is 0. The van der Waals surface area contributed by atoms with E-state index < -0.39 is 92.6 Å². The number of ether oxygens (including phenoxy) is 6. The van der Waals surface area contributed by atoms with Crippen LogP contribution in [-0.2, 0) is 28.4 Å². The van der Waals surface area contributed by atoms with Crippen LogP contribution in [0.3, 0.4) is 0 Å². The third-order valence-electron chi connectivity index (χ3n) is 16.2. The monoisotopic (exact) mass is 756 g/mol. The molecule has 8 N–H and O–H groups in total. The average Bonchev–Trinajstić information content (AvgIpc) is 3.58. The summed E-state index contributed by atoms with van der Waals surface area (Å²) in [6.07, 6.45) is -7.80. The highest BCUT2D eigenvalue weighted by Gasteiger charge is 2.69. The van der Waals surface area contributed by atoms with E-state index in [9.17, 15) is 40.9 Å². The fourth-order valence-corrected chi connectivity index (χ4v) is 13.3. The van der Waals surface area contributed by atoms with Crippen LogP contribution in [-0.4, -0.2) is 146 Å². The molecule has 4 aliphatic carbocycles. The molecule has 8 fully saturated rings. The first kappa shape index (κ1) is 39.3. The molecule has 4 saturated carbocycles. The fourth-order valence-electron chi connectivity index (χ4n) is 13.3. The molecule has 23 atom stereocenters. The highest BCUT2D eigenvalue weighted by Crippen LogP contribution is 2.71. The van der Waals surface area contributed by atoms with E-state index in [0.29, 0.717) is 54.3 Å². The van der Waals surface area contributed by atoms with Crippen LogP contribution in [0, 0.1) is 52.3 Å². The molecule has 53 heavy (non-hydrogen) atoms. The second kappa shape index (κ2) is 14.4. The Morgan fingerprint density at radius 1 is 0.698 bits per heavy atom. The lowest BCUT2D eigenvalue weighted by molar-refractivity contribution is -0.366. The van der Waals surface area contributed by atoms with Crippen molar-refractivity contribution in [2.45, 2.75) is 171 Å². The molecule has 14 heteroatoms. The molecule has 4 saturated heterocycles. The van der Waals surface area contributed by atoms with Crippen molar-refractivity contribution in [1.29, 1.82) is 0 Å². The van der Waals surface area contributed by atoms with Gasteiger partial charge in [-0.2, -0.15) is 0 Å². The van der Waals surface area contributed by atoms with Crippen LogP contribution >= 0.6 is 0 Å². The number of hydrogen-bond acceptors (Lipinski definition) is 14. The van der Waals surface area contributed by atoms with E-state index >= 15 is 0 Å². The Kier molecular flexibility index (Phi) is 10.6. The number of aliphatic hydroxyl groups is 8. The standard InChI is InChI=1S/C39H64O14/c1-17-7-10-39(48-16-17)18(2)28-25(53-39)12-22-20-6-5-19-11-24(23(42)13-38(19,4)21(20)8-9-37(22,28)3)49-35-33(47)31(45)34(27(15-41)51-35)52-36-32(46)30(44)29(43)26(14-40)50-36/h17-36,40-47H,5-16H2,1-4H3/t17-,18+,19-,20-,21+,22+,23+,24-,25+,26-,27-,28+,29-,30+,31-,32-,33-,34+,35-,36+,37+,38+,39-/m1/s1. The maximum atomic E-state index is 11.7. The second-order valence-corrected chi connectivity index (χ2v) is 18.9. The zero-order valence-electron chi connectivity index (χ0n) is 31.6. The second-order valence-electron chi connectivity index (χ2n) is 18.9. The molecule has 0 unspecified atom stereocenters. The zero-order chi connectivity index (χ0) is 37.8. The van der Waals surface area contributed by atoms with Gasteiger partial charge in [-0.25, -0.2) is 0 Å². The predicted molar refractivity (Wildman–Crippen MR) is 184 cm³/mol. The normalized spacial score (nSPS) is 59.5. The van der Waals surface area contributed by atoms with Crippen LogP contribution in [0.2, 0.25) is 0 Å². The molecule has 304 valence electrons. The van der Waals surface area contributed by atoms with Gasteiger partial charge in [-0.15, -0.1) is 0 Å². The van der Waals surface area contributed by atoms with E-state index in [4.69, 9.17) is 28.4 Å². The smallest absolute Gasteiger partial charge is 0.187 e. The summed E-state index contributed by atoms with van der Waals surface area (Å²) in [6, 6.07) is 0. The highest BCUT2D eigenvalue weighted by atomic mass is 16.7. The largest absolute Gasteiger partial charge is 0.394 e. The molecule has 0 aromatic heterocycles. The van der Waals surface area contributed by atoms with E-state index in [1.807, 2.05) is 0 Å². The number of fused-ring (bicyclic) bond motifs is 7. The van der Waals surface area contributed by atoms with Crippen molar-refractivity contribution < 1.29 is 69.3 Å². The molecule has 0 radical (unpaired) electrons. The van der Waals surface area contributed by atoms with Crippen molar-refractivity contribution in [2.75, 3.05) is 19.8 Å². The lowest BCUT2D eigenvalue weighted by Gasteiger charge is -2.62. The SMILES string of the molecule is C[C@@H]1CC[C@@]2(OC1)O[C@H]1C[C@H]3[C@@H]4CC[C@@H]5C[C@@H](O[C@@H]6O[C@H](CO)[C@H](O[C@@H]7O[C@H](CO)[C@@H](O)[C@H](O)[C@H]7O)[C@H](O)[C@H]6O)[C@@H](O)C[C@]5(C)[C@H]4CC[C@]3(C)[C@H]1[C@@H]2C. The number of aliphatic hydroxyl groups excluding tert-OH is 8. The summed E-state index contributed by atoms with van der Waals surface area (Å²) in [5, 5.41) is 84.5. The van der Waals surface area contributed by atoms with Gasteiger partial charge in [0.2, 0.25) is 0 Å². The number of rotatable bonds is 6. The minimum absolute atomic E-state index is 0.0823. The summed E-state index contributed by atoms with van der Waals surface area (Å²) in [5.41, 5.74) is 0.118. The molecule has 0 aromatic carbocycles. The molecule has 4 aliphatic heterocycles. The maximum Gasteiger partial charge on any atom is 0.187 e. The summed E-state index contributed by atoms with van der Waals surface area (Å²) in [4.78, 5) is 0. The molecule has 8 rings (SSSR count). The average molecular weight is 757 g/mol. The van der Waals surface area contributed by atoms with Crippen LogP contribution in [0.1, 0.15) is 85.5 Å². The topological polar surface area (TPSA) is 217 Å². The summed E-state index contributed by atoms with van der Waals surface area (Å²) < 4.78 is 36.7. The van der Waals surface area contributed by atoms with Crippen LogP contribution in [0.5, 0.6) is 0 Å². The van der Waals surface area contributed by atoms with Gasteiger partial charge in [0.05, 0.1) is 38.1 Å². The van der Waals surface area contributed by atoms with Crippen LogP contribution in [0.15, 0.2) is 0 Å². The number of hydrogen-bond donors (Lipinski definition) is 8. The molecular formula is C39H64O14. The fraction of sp³-hybridized carbons (Fsp3) is 1.00. The first-order chi connectivity index (χ1) is 25.2. The summed E-state index contributed by atoms with van der Waals surface area (Å²) in [5.74, 6) is 2.90. The Morgan fingerprint density at radius 2 is 1.40 bits per heavy atom. The van der Waals surface area contributed by atoms with Crippen molar-refractivity contribution in [3.8, 4) is 0 Å². The van der Waals surface area contributed by atoms with Crippen molar-refractivity contribution in [2.24, 2.45) is 52.3 Å². The van der Waals surface area contributed by atoms with Crippen LogP contribution in [0.25, 0.3) is 0 Å². The third kappa shape index (κ3) is 6.20. The Bertz CT molecular complexity index is 1290. The lowest BCUT2D eigenvalue weighted by Crippen LogP contribution is -2.65. The quantitative estimate of drug-likeness (QED) is 0.173. The van der Waals surface area contributed by atoms with Gasteiger partial charge in [0.15, 0.2) is 18.4 Å². The van der Waals surface area contributed by atoms with Crippen molar-refractivity contribution in [3.05, 3.63) is 0 Å². The van der Waals surface area contributed by atoms with E-state index in [-0.39, 0.29) is 16.9 Å². The molecule has 0 aromatic rings. The van der Waals surface area contributed by atoms with Gasteiger partial charge in [-0.3, -0.25) is 0 Å². The Labute approximate surface area is 312 Å². The van der Waals surface area contributed by atoms with E-state index in [1.165, 1.54) is 0 Å². The Morgan fingerprint density at radius 3 is 2.09 bits per heavy atom. The maximum absolute atomic E-state index is 11.7. The zero-order valence-corrected chi connectivity index (χ0v) is 31.6. The summed E-state index contributed by atoms with van der Waals surface area (Å²) >= 11 is 0. The van der Waals surface area contributed by atoms with Gasteiger partial charge in [-0.05, 0) is 97.7 Å². The first-order valence-electron chi connectivity index (χ1n) is 20.4. The Balaban J connectivity index is 0.912. The minimum Gasteiger partial charge on any atom is -0.394 e. The van der Waals surface area contributed by atoms with Gasteiger partial charge in [0.1, 0.15) is 48.8 Å². The van der Waals surface area contributed by atoms with E-state index in [0.717, 1.165) is 51.6 Å². The molecule has 0 amide bonds. The van der Waals surface area contributed by atoms with Gasteiger partial charge in [0.25, 0.3) is 0 Å². The highest BCUT2D eigenvalue weighted by molar-refractivity contribution is 5.16. The molecule has 0 bridgehead atoms. The van der Waals surface area contributed by atoms with Crippen molar-refractivity contribution in [1.82, 2.24) is 0 Å². The molecule has 8 aliphatic rings. The molecular weight excluding hydrogens is 692 g/mol. The van der Waals surface area contributed by atoms with Crippen LogP contribution in [0.4, 0.5) is 0 Å². The van der Waals surface area contributed by atoms with Crippen molar-refractivity contribution in [3.63, 3.8) is 0 Å². The van der Waals surface area contributed by atoms with Gasteiger partial charge in [0, 0.05) is 12.3 Å². The lowest BCUT2D eigenvalue weighted by atomic mass is 9.44. The third-order valence-corrected chi connectivity index (χ3v) is 16.2. The van der Waals surface area contributed by atoms with Gasteiger partial charge >= 0.3 is 0 Å². The molecule has 4 heterocycles. The van der Waals surface area contributed by atoms with Gasteiger partial charge < -0.3 is 69.3 Å². The van der Waals surface area contributed by atoms with E-state index in [2.05, 4.69) is 27.7 Å². The Hall–Kier alpha value is -0.560. The van der Waals surface area contributed by atoms with Crippen LogP contribution < -0.4 is 0 Å². The predicted octanol–water partition coefficient (Wildman–Crippen LogP) is 0.413. The molecule has 14 nitrogen and oxygen atoms in total. The first-order valence-corrected chi connectivity index (χ1v) is 20.4.